The molecule has 64 valence electrons. The van der Waals surface area contributed by atoms with Crippen LogP contribution in [-0.2, 0) is 0 Å². The van der Waals surface area contributed by atoms with Gasteiger partial charge in [-0.05, 0) is 12.1 Å². The van der Waals surface area contributed by atoms with Crippen molar-refractivity contribution in [2.75, 3.05) is 32.8 Å². The lowest BCUT2D eigenvalue weighted by Crippen LogP contribution is -2.28. The first-order chi connectivity index (χ1) is 5.35. The summed E-state index contributed by atoms with van der Waals surface area (Å²) in [5.74, 6) is 0. The first-order valence-electron chi connectivity index (χ1n) is 3.69. The Morgan fingerprint density at radius 1 is 1.55 bits per heavy atom. The van der Waals surface area contributed by atoms with Gasteiger partial charge in [0.2, 0.25) is 0 Å². The van der Waals surface area contributed by atoms with Crippen molar-refractivity contribution in [1.82, 2.24) is 4.90 Å². The highest BCUT2D eigenvalue weighted by Gasteiger charge is 1.97. The largest absolute Gasteiger partial charge is 0.395 e. The van der Waals surface area contributed by atoms with Gasteiger partial charge in [0, 0.05) is 24.5 Å². The zero-order valence-corrected chi connectivity index (χ0v) is 6.77. The molecule has 0 radical (unpaired) electrons. The van der Waals surface area contributed by atoms with Crippen molar-refractivity contribution in [2.45, 2.75) is 6.92 Å². The molecule has 0 aromatic carbocycles. The summed E-state index contributed by atoms with van der Waals surface area (Å²) in [5.41, 5.74) is 7.97. The summed E-state index contributed by atoms with van der Waals surface area (Å²) in [6.45, 7) is 4.89. The van der Waals surface area contributed by atoms with Crippen LogP contribution >= 0.6 is 0 Å². The fraction of sp³-hybridized carbons (Fsp3) is 1.00. The first kappa shape index (κ1) is 10.2. The molecule has 0 aliphatic rings. The van der Waals surface area contributed by atoms with E-state index in [2.05, 4.69) is 10.0 Å². The fourth-order valence-electron chi connectivity index (χ4n) is 0.800. The van der Waals surface area contributed by atoms with Gasteiger partial charge in [0.15, 0.2) is 0 Å². The molecule has 0 fully saturated rings. The van der Waals surface area contributed by atoms with Crippen molar-refractivity contribution in [3.05, 3.63) is 10.4 Å². The van der Waals surface area contributed by atoms with Gasteiger partial charge in [-0.1, -0.05) is 12.0 Å². The number of azide groups is 1. The quantitative estimate of drug-likeness (QED) is 0.349. The highest BCUT2D eigenvalue weighted by atomic mass is 16.3. The van der Waals surface area contributed by atoms with E-state index in [0.29, 0.717) is 13.1 Å². The third-order valence-corrected chi connectivity index (χ3v) is 1.44. The molecule has 0 heterocycles. The van der Waals surface area contributed by atoms with Gasteiger partial charge in [-0.25, -0.2) is 0 Å². The van der Waals surface area contributed by atoms with Crippen LogP contribution in [0.5, 0.6) is 0 Å². The Balaban J connectivity index is 3.42. The standard InChI is InChI=1S/C6H14N4O/c1-2-10(5-6-11)4-3-8-9-7/h11H,2-6H2,1H3. The van der Waals surface area contributed by atoms with Crippen molar-refractivity contribution >= 4 is 0 Å². The van der Waals surface area contributed by atoms with Crippen molar-refractivity contribution < 1.29 is 5.11 Å². The molecule has 0 aromatic heterocycles. The van der Waals surface area contributed by atoms with Crippen LogP contribution < -0.4 is 0 Å². The average molecular weight is 158 g/mol. The minimum atomic E-state index is 0.157. The van der Waals surface area contributed by atoms with Crippen LogP contribution in [0.15, 0.2) is 5.11 Å². The van der Waals surface area contributed by atoms with E-state index in [4.69, 9.17) is 10.6 Å². The van der Waals surface area contributed by atoms with Gasteiger partial charge < -0.3 is 10.0 Å². The third kappa shape index (κ3) is 5.66. The number of aliphatic hydroxyl groups excluding tert-OH is 1. The molecule has 0 saturated heterocycles. The Kier molecular flexibility index (Phi) is 6.82. The number of rotatable bonds is 6. The van der Waals surface area contributed by atoms with Gasteiger partial charge in [0.1, 0.15) is 0 Å². The summed E-state index contributed by atoms with van der Waals surface area (Å²) >= 11 is 0. The summed E-state index contributed by atoms with van der Waals surface area (Å²) in [6, 6.07) is 0. The van der Waals surface area contributed by atoms with E-state index < -0.39 is 0 Å². The Bertz CT molecular complexity index is 133. The predicted molar refractivity (Wildman–Crippen MR) is 43.2 cm³/mol. The molecule has 0 rings (SSSR count). The molecule has 0 bridgehead atoms. The Labute approximate surface area is 66.3 Å². The van der Waals surface area contributed by atoms with Crippen LogP contribution in [0.25, 0.3) is 10.4 Å². The molecule has 1 N–H and O–H groups in total. The van der Waals surface area contributed by atoms with Gasteiger partial charge in [0.05, 0.1) is 6.61 Å². The van der Waals surface area contributed by atoms with E-state index in [1.807, 2.05) is 11.8 Å². The smallest absolute Gasteiger partial charge is 0.0558 e. The summed E-state index contributed by atoms with van der Waals surface area (Å²) in [4.78, 5) is 4.66. The number of hydrogen-bond donors (Lipinski definition) is 1. The van der Waals surface area contributed by atoms with Crippen molar-refractivity contribution in [1.29, 1.82) is 0 Å². The molecule has 0 aliphatic heterocycles. The molecule has 0 unspecified atom stereocenters. The second kappa shape index (κ2) is 7.34. The number of likely N-dealkylation sites (N-methyl/N-ethyl adjacent to an activating group) is 1. The lowest BCUT2D eigenvalue weighted by atomic mass is 10.4. The lowest BCUT2D eigenvalue weighted by molar-refractivity contribution is 0.205. The van der Waals surface area contributed by atoms with E-state index in [1.165, 1.54) is 0 Å². The van der Waals surface area contributed by atoms with Gasteiger partial charge >= 0.3 is 0 Å². The van der Waals surface area contributed by atoms with E-state index >= 15 is 0 Å². The van der Waals surface area contributed by atoms with Gasteiger partial charge in [-0.15, -0.1) is 0 Å². The molecule has 0 aliphatic carbocycles. The van der Waals surface area contributed by atoms with Gasteiger partial charge in [-0.3, -0.25) is 0 Å². The number of hydrogen-bond acceptors (Lipinski definition) is 3. The van der Waals surface area contributed by atoms with Crippen LogP contribution in [0.3, 0.4) is 0 Å². The first-order valence-corrected chi connectivity index (χ1v) is 3.69. The van der Waals surface area contributed by atoms with Gasteiger partial charge in [0.25, 0.3) is 0 Å². The van der Waals surface area contributed by atoms with E-state index in [1.54, 1.807) is 0 Å². The second-order valence-electron chi connectivity index (χ2n) is 2.11. The SMILES string of the molecule is CCN(CCO)CCN=[N+]=[N-]. The van der Waals surface area contributed by atoms with Crippen LogP contribution in [0.2, 0.25) is 0 Å². The minimum Gasteiger partial charge on any atom is -0.395 e. The number of aliphatic hydroxyl groups is 1. The molecule has 0 atom stereocenters. The maximum absolute atomic E-state index is 8.58. The van der Waals surface area contributed by atoms with Crippen LogP contribution in [0.1, 0.15) is 6.92 Å². The Morgan fingerprint density at radius 3 is 2.73 bits per heavy atom. The monoisotopic (exact) mass is 158 g/mol. The van der Waals surface area contributed by atoms with Gasteiger partial charge in [-0.2, -0.15) is 0 Å². The molecular weight excluding hydrogens is 144 g/mol. The maximum atomic E-state index is 8.58. The Morgan fingerprint density at radius 2 is 2.27 bits per heavy atom. The molecule has 0 spiro atoms. The van der Waals surface area contributed by atoms with Crippen molar-refractivity contribution in [2.24, 2.45) is 5.11 Å². The van der Waals surface area contributed by atoms with Crippen molar-refractivity contribution in [3.8, 4) is 0 Å². The predicted octanol–water partition coefficient (Wildman–Crippen LogP) is 0.611. The minimum absolute atomic E-state index is 0.157. The molecule has 0 amide bonds. The molecule has 11 heavy (non-hydrogen) atoms. The van der Waals surface area contributed by atoms with E-state index in [-0.39, 0.29) is 6.61 Å². The molecule has 5 heteroatoms. The third-order valence-electron chi connectivity index (χ3n) is 1.44. The van der Waals surface area contributed by atoms with Crippen molar-refractivity contribution in [3.63, 3.8) is 0 Å². The highest BCUT2D eigenvalue weighted by Crippen LogP contribution is 1.86. The Hall–Kier alpha value is -0.770. The molecule has 0 aromatic rings. The van der Waals surface area contributed by atoms with Crippen LogP contribution in [0.4, 0.5) is 0 Å². The number of nitrogens with zero attached hydrogens (tertiary/aromatic N) is 4. The molecule has 0 saturated carbocycles. The normalized spacial score (nSPS) is 9.73. The van der Waals surface area contributed by atoms with Crippen LogP contribution in [0, 0.1) is 0 Å². The highest BCUT2D eigenvalue weighted by molar-refractivity contribution is 4.56. The summed E-state index contributed by atoms with van der Waals surface area (Å²) in [5, 5.41) is 12.0. The lowest BCUT2D eigenvalue weighted by Gasteiger charge is -2.16. The average Bonchev–Trinajstić information content (AvgIpc) is 2.03. The van der Waals surface area contributed by atoms with Crippen LogP contribution in [-0.4, -0.2) is 42.8 Å². The van der Waals surface area contributed by atoms with E-state index in [9.17, 15) is 0 Å². The zero-order valence-electron chi connectivity index (χ0n) is 6.77. The fourth-order valence-corrected chi connectivity index (χ4v) is 0.800. The maximum Gasteiger partial charge on any atom is 0.0558 e. The van der Waals surface area contributed by atoms with E-state index in [0.717, 1.165) is 13.1 Å². The summed E-state index contributed by atoms with van der Waals surface area (Å²) in [7, 11) is 0. The zero-order chi connectivity index (χ0) is 8.53. The summed E-state index contributed by atoms with van der Waals surface area (Å²) in [6.07, 6.45) is 0. The topological polar surface area (TPSA) is 72.2 Å². The second-order valence-corrected chi connectivity index (χ2v) is 2.11. The summed E-state index contributed by atoms with van der Waals surface area (Å²) < 4.78 is 0. The molecular formula is C6H14N4O. The molecule has 5 nitrogen and oxygen atoms in total.